The number of primary sulfonamides is 1. The molecule has 0 radical (unpaired) electrons. The molecule has 1 aromatic rings. The topological polar surface area (TPSA) is 115 Å². The first-order valence-corrected chi connectivity index (χ1v) is 10.5. The highest BCUT2D eigenvalue weighted by molar-refractivity contribution is 7.89. The van der Waals surface area contributed by atoms with Crippen LogP contribution in [0.5, 0.6) is 0 Å². The average molecular weight is 365 g/mol. The summed E-state index contributed by atoms with van der Waals surface area (Å²) in [6.07, 6.45) is 5.24. The molecule has 0 aliphatic heterocycles. The Hall–Kier alpha value is -1.44. The molecule has 138 valence electrons. The second-order valence-electron chi connectivity index (χ2n) is 7.54. The van der Waals surface area contributed by atoms with Crippen LogP contribution in [0, 0.1) is 17.8 Å². The van der Waals surface area contributed by atoms with Gasteiger partial charge in [0.15, 0.2) is 0 Å². The van der Waals surface area contributed by atoms with E-state index in [1.54, 1.807) is 12.1 Å². The number of nitrogens with one attached hydrogen (secondary N) is 1. The normalized spacial score (nSPS) is 30.5. The van der Waals surface area contributed by atoms with Crippen molar-refractivity contribution in [1.29, 1.82) is 0 Å². The molecule has 1 aromatic carbocycles. The van der Waals surface area contributed by atoms with Crippen molar-refractivity contribution >= 4 is 15.9 Å². The number of carbonyl (C=O) groups excluding carboxylic acids is 1. The van der Waals surface area contributed by atoms with Crippen LogP contribution in [0.4, 0.5) is 0 Å². The standard InChI is InChI=1S/C18H27N3O3S/c1-11(12-5-7-16(8-6-12)25(20,23)24)21-18(22)15-9-13-3-2-4-14(10-15)17(13)19/h5-8,11,13-15,17H,2-4,9-10,19H2,1H3,(H,21,22)(H2,20,23,24). The van der Waals surface area contributed by atoms with Gasteiger partial charge in [-0.25, -0.2) is 13.6 Å². The highest BCUT2D eigenvalue weighted by atomic mass is 32.2. The molecule has 2 saturated carbocycles. The quantitative estimate of drug-likeness (QED) is 0.752. The van der Waals surface area contributed by atoms with Gasteiger partial charge in [0.1, 0.15) is 0 Å². The summed E-state index contributed by atoms with van der Waals surface area (Å²) in [4.78, 5) is 12.8. The molecule has 2 aliphatic carbocycles. The molecule has 3 atom stereocenters. The molecule has 0 heterocycles. The fourth-order valence-corrected chi connectivity index (χ4v) is 4.88. The van der Waals surface area contributed by atoms with Crippen molar-refractivity contribution in [2.75, 3.05) is 0 Å². The molecule has 7 heteroatoms. The predicted molar refractivity (Wildman–Crippen MR) is 95.9 cm³/mol. The monoisotopic (exact) mass is 365 g/mol. The summed E-state index contributed by atoms with van der Waals surface area (Å²) in [5, 5.41) is 8.18. The second kappa shape index (κ2) is 7.05. The maximum Gasteiger partial charge on any atom is 0.238 e. The lowest BCUT2D eigenvalue weighted by atomic mass is 9.65. The molecule has 1 amide bonds. The summed E-state index contributed by atoms with van der Waals surface area (Å²) >= 11 is 0. The number of sulfonamides is 1. The Morgan fingerprint density at radius 2 is 1.72 bits per heavy atom. The number of hydrogen-bond acceptors (Lipinski definition) is 4. The van der Waals surface area contributed by atoms with Gasteiger partial charge >= 0.3 is 0 Å². The zero-order valence-electron chi connectivity index (χ0n) is 14.5. The molecular weight excluding hydrogens is 338 g/mol. The third-order valence-corrected chi connectivity index (χ3v) is 6.78. The molecule has 2 fully saturated rings. The van der Waals surface area contributed by atoms with Crippen molar-refractivity contribution in [3.63, 3.8) is 0 Å². The number of fused-ring (bicyclic) bond motifs is 2. The number of hydrogen-bond donors (Lipinski definition) is 3. The Morgan fingerprint density at radius 1 is 1.16 bits per heavy atom. The Morgan fingerprint density at radius 3 is 2.24 bits per heavy atom. The first kappa shape index (κ1) is 18.4. The average Bonchev–Trinajstić information content (AvgIpc) is 2.53. The Kier molecular flexibility index (Phi) is 5.18. The Balaban J connectivity index is 1.63. The summed E-state index contributed by atoms with van der Waals surface area (Å²) in [5.74, 6) is 1.04. The third kappa shape index (κ3) is 4.04. The van der Waals surface area contributed by atoms with Gasteiger partial charge in [0.05, 0.1) is 10.9 Å². The van der Waals surface area contributed by atoms with Crippen LogP contribution in [0.1, 0.15) is 50.6 Å². The van der Waals surface area contributed by atoms with E-state index in [0.717, 1.165) is 31.2 Å². The van der Waals surface area contributed by atoms with Crippen molar-refractivity contribution < 1.29 is 13.2 Å². The van der Waals surface area contributed by atoms with E-state index in [1.807, 2.05) is 6.92 Å². The largest absolute Gasteiger partial charge is 0.349 e. The van der Waals surface area contributed by atoms with Crippen molar-refractivity contribution in [2.24, 2.45) is 28.6 Å². The predicted octanol–water partition coefficient (Wildman–Crippen LogP) is 1.66. The van der Waals surface area contributed by atoms with Gasteiger partial charge in [0, 0.05) is 12.0 Å². The summed E-state index contributed by atoms with van der Waals surface area (Å²) in [6.45, 7) is 1.90. The van der Waals surface area contributed by atoms with Gasteiger partial charge in [-0.1, -0.05) is 18.6 Å². The molecule has 0 spiro atoms. The van der Waals surface area contributed by atoms with Gasteiger partial charge < -0.3 is 11.1 Å². The molecular formula is C18H27N3O3S. The lowest BCUT2D eigenvalue weighted by Crippen LogP contribution is -2.49. The van der Waals surface area contributed by atoms with E-state index in [0.29, 0.717) is 11.8 Å². The minimum Gasteiger partial charge on any atom is -0.349 e. The van der Waals surface area contributed by atoms with Crippen molar-refractivity contribution in [2.45, 2.75) is 56.0 Å². The van der Waals surface area contributed by atoms with Crippen LogP contribution in [0.25, 0.3) is 0 Å². The molecule has 6 nitrogen and oxygen atoms in total. The molecule has 5 N–H and O–H groups in total. The highest BCUT2D eigenvalue weighted by Gasteiger charge is 2.40. The SMILES string of the molecule is CC(NC(=O)C1CC2CCCC(C1)C2N)c1ccc(S(N)(=O)=O)cc1. The van der Waals surface area contributed by atoms with E-state index in [1.165, 1.54) is 18.6 Å². The van der Waals surface area contributed by atoms with Crippen molar-refractivity contribution in [3.05, 3.63) is 29.8 Å². The maximum atomic E-state index is 12.7. The maximum absolute atomic E-state index is 12.7. The van der Waals surface area contributed by atoms with Crippen molar-refractivity contribution in [3.8, 4) is 0 Å². The van der Waals surface area contributed by atoms with Crippen LogP contribution in [-0.2, 0) is 14.8 Å². The van der Waals surface area contributed by atoms with Gasteiger partial charge in [0.25, 0.3) is 0 Å². The van der Waals surface area contributed by atoms with Crippen LogP contribution in [-0.4, -0.2) is 20.4 Å². The minimum atomic E-state index is -3.70. The lowest BCUT2D eigenvalue weighted by molar-refractivity contribution is -0.128. The Bertz CT molecular complexity index is 718. The van der Waals surface area contributed by atoms with E-state index < -0.39 is 10.0 Å². The lowest BCUT2D eigenvalue weighted by Gasteiger charge is -2.43. The first-order valence-electron chi connectivity index (χ1n) is 8.94. The Labute approximate surface area is 149 Å². The zero-order chi connectivity index (χ0) is 18.2. The molecule has 3 rings (SSSR count). The molecule has 25 heavy (non-hydrogen) atoms. The summed E-state index contributed by atoms with van der Waals surface area (Å²) < 4.78 is 22.6. The molecule has 0 aromatic heterocycles. The van der Waals surface area contributed by atoms with E-state index >= 15 is 0 Å². The zero-order valence-corrected chi connectivity index (χ0v) is 15.3. The van der Waals surface area contributed by atoms with Crippen LogP contribution in [0.3, 0.4) is 0 Å². The van der Waals surface area contributed by atoms with Crippen LogP contribution in [0.15, 0.2) is 29.2 Å². The van der Waals surface area contributed by atoms with Crippen LogP contribution < -0.4 is 16.2 Å². The number of amides is 1. The first-order chi connectivity index (χ1) is 11.8. The van der Waals surface area contributed by atoms with E-state index in [2.05, 4.69) is 5.32 Å². The molecule has 2 aliphatic rings. The van der Waals surface area contributed by atoms with E-state index in [-0.39, 0.29) is 28.8 Å². The number of benzene rings is 1. The van der Waals surface area contributed by atoms with Crippen molar-refractivity contribution in [1.82, 2.24) is 5.32 Å². The van der Waals surface area contributed by atoms with E-state index in [4.69, 9.17) is 10.9 Å². The van der Waals surface area contributed by atoms with Gasteiger partial charge in [-0.2, -0.15) is 0 Å². The minimum absolute atomic E-state index is 0.0289. The summed E-state index contributed by atoms with van der Waals surface area (Å²) in [6, 6.07) is 6.39. The number of carbonyl (C=O) groups is 1. The van der Waals surface area contributed by atoms with Gasteiger partial charge in [-0.3, -0.25) is 4.79 Å². The van der Waals surface area contributed by atoms with Crippen LogP contribution in [0.2, 0.25) is 0 Å². The molecule has 3 unspecified atom stereocenters. The molecule has 2 bridgehead atoms. The van der Waals surface area contributed by atoms with E-state index in [9.17, 15) is 13.2 Å². The van der Waals surface area contributed by atoms with Crippen LogP contribution >= 0.6 is 0 Å². The number of nitrogens with two attached hydrogens (primary N) is 2. The van der Waals surface area contributed by atoms with Gasteiger partial charge in [-0.15, -0.1) is 0 Å². The summed E-state index contributed by atoms with van der Waals surface area (Å²) in [7, 11) is -3.70. The highest BCUT2D eigenvalue weighted by Crippen LogP contribution is 2.42. The fourth-order valence-electron chi connectivity index (χ4n) is 4.36. The van der Waals surface area contributed by atoms with Gasteiger partial charge in [-0.05, 0) is 62.1 Å². The fraction of sp³-hybridized carbons (Fsp3) is 0.611. The third-order valence-electron chi connectivity index (χ3n) is 5.85. The molecule has 0 saturated heterocycles. The summed E-state index contributed by atoms with van der Waals surface area (Å²) in [5.41, 5.74) is 7.15. The smallest absolute Gasteiger partial charge is 0.238 e. The second-order valence-corrected chi connectivity index (χ2v) is 9.10. The number of rotatable bonds is 4. The van der Waals surface area contributed by atoms with Gasteiger partial charge in [0.2, 0.25) is 15.9 Å².